The largest absolute Gasteiger partial charge is 0.408 e. The number of nitrogens with one attached hydrogen (secondary N) is 2. The number of amides is 2. The Morgan fingerprint density at radius 1 is 1.20 bits per heavy atom. The highest BCUT2D eigenvalue weighted by Gasteiger charge is 2.47. The van der Waals surface area contributed by atoms with Gasteiger partial charge in [-0.25, -0.2) is 22.9 Å². The van der Waals surface area contributed by atoms with Gasteiger partial charge in [-0.1, -0.05) is 5.16 Å². The third kappa shape index (κ3) is 5.37. The minimum Gasteiger partial charge on any atom is -0.344 e. The summed E-state index contributed by atoms with van der Waals surface area (Å²) >= 11 is 0. The maximum atomic E-state index is 13.9. The Labute approximate surface area is 224 Å². The molecule has 4 heterocycles. The molecule has 0 unspecified atom stereocenters. The summed E-state index contributed by atoms with van der Waals surface area (Å²) in [7, 11) is 0. The number of rotatable bonds is 7. The Hall–Kier alpha value is -3.65. The molecule has 15 heteroatoms. The van der Waals surface area contributed by atoms with Crippen molar-refractivity contribution in [2.45, 2.75) is 81.5 Å². The van der Waals surface area contributed by atoms with Gasteiger partial charge in [-0.05, 0) is 61.2 Å². The molecule has 0 bridgehead atoms. The number of alkyl halides is 5. The van der Waals surface area contributed by atoms with Crippen LogP contribution >= 0.6 is 0 Å². The number of imidazole rings is 1. The van der Waals surface area contributed by atoms with Crippen molar-refractivity contribution in [3.63, 3.8) is 0 Å². The molecule has 2 N–H and O–H groups in total. The summed E-state index contributed by atoms with van der Waals surface area (Å²) in [6.07, 6.45) is -0.381. The van der Waals surface area contributed by atoms with Crippen LogP contribution in [-0.4, -0.2) is 54.9 Å². The Bertz CT molecular complexity index is 1420. The molecule has 0 radical (unpaired) electrons. The minimum atomic E-state index is -4.52. The van der Waals surface area contributed by atoms with Gasteiger partial charge in [0.25, 0.3) is 5.91 Å². The van der Waals surface area contributed by atoms with Gasteiger partial charge in [0.15, 0.2) is 11.3 Å². The summed E-state index contributed by atoms with van der Waals surface area (Å²) in [6, 6.07) is -0.997. The first kappa shape index (κ1) is 26.6. The van der Waals surface area contributed by atoms with Crippen molar-refractivity contribution in [2.24, 2.45) is 11.8 Å². The molecule has 214 valence electrons. The zero-order chi connectivity index (χ0) is 28.2. The number of nitrogens with zero attached hydrogens (tertiary/aromatic N) is 5. The van der Waals surface area contributed by atoms with E-state index in [1.54, 1.807) is 12.3 Å². The van der Waals surface area contributed by atoms with Crippen LogP contribution in [0.1, 0.15) is 84.3 Å². The van der Waals surface area contributed by atoms with Gasteiger partial charge in [-0.15, -0.1) is 0 Å². The Balaban J connectivity index is 1.24. The number of hydrogen-bond acceptors (Lipinski definition) is 7. The van der Waals surface area contributed by atoms with E-state index in [0.29, 0.717) is 22.6 Å². The predicted molar refractivity (Wildman–Crippen MR) is 126 cm³/mol. The van der Waals surface area contributed by atoms with Gasteiger partial charge in [0.2, 0.25) is 11.8 Å². The van der Waals surface area contributed by atoms with E-state index >= 15 is 0 Å². The lowest BCUT2D eigenvalue weighted by Gasteiger charge is -2.33. The lowest BCUT2D eigenvalue weighted by atomic mass is 9.81. The van der Waals surface area contributed by atoms with Crippen LogP contribution in [0, 0.1) is 11.8 Å². The number of fused-ring (bicyclic) bond motifs is 1. The van der Waals surface area contributed by atoms with Crippen LogP contribution < -0.4 is 10.6 Å². The van der Waals surface area contributed by atoms with E-state index in [4.69, 9.17) is 4.63 Å². The number of carbonyl (C=O) groups excluding carboxylic acids is 2. The molecule has 2 amide bonds. The van der Waals surface area contributed by atoms with Crippen LogP contribution in [0.4, 0.5) is 22.0 Å². The maximum absolute atomic E-state index is 13.9. The van der Waals surface area contributed by atoms with Crippen molar-refractivity contribution in [3.05, 3.63) is 41.1 Å². The molecule has 3 aromatic heterocycles. The Kier molecular flexibility index (Phi) is 6.49. The molecule has 0 spiro atoms. The van der Waals surface area contributed by atoms with Crippen LogP contribution in [0.3, 0.4) is 0 Å². The van der Waals surface area contributed by atoms with Crippen molar-refractivity contribution in [2.75, 3.05) is 0 Å². The average molecular weight is 568 g/mol. The second-order valence-electron chi connectivity index (χ2n) is 11.0. The number of hydrogen-bond donors (Lipinski definition) is 2. The first-order valence-corrected chi connectivity index (χ1v) is 13.2. The highest BCUT2D eigenvalue weighted by molar-refractivity contribution is 5.93. The third-order valence-corrected chi connectivity index (χ3v) is 8.01. The van der Waals surface area contributed by atoms with Gasteiger partial charge in [0.1, 0.15) is 11.7 Å². The molecule has 6 rings (SSSR count). The zero-order valence-electron chi connectivity index (χ0n) is 21.1. The molecule has 40 heavy (non-hydrogen) atoms. The summed E-state index contributed by atoms with van der Waals surface area (Å²) in [5.41, 5.74) is 1.79. The van der Waals surface area contributed by atoms with E-state index in [9.17, 15) is 31.5 Å². The lowest BCUT2D eigenvalue weighted by Crippen LogP contribution is -2.38. The molecule has 1 saturated heterocycles. The van der Waals surface area contributed by atoms with E-state index < -0.39 is 41.9 Å². The van der Waals surface area contributed by atoms with E-state index in [1.807, 2.05) is 5.32 Å². The molecule has 3 fully saturated rings. The van der Waals surface area contributed by atoms with E-state index in [0.717, 1.165) is 12.8 Å². The number of carbonyl (C=O) groups is 2. The SMILES string of the molecule is O=C(N[C@H](c1cn2ncc(C[C@H]3C[C@@H](C(F)(F)F)NC3=O)cc2n1)C1CCC(F)(F)CC1)c1nonc1C1CC1. The summed E-state index contributed by atoms with van der Waals surface area (Å²) < 4.78 is 73.3. The second kappa shape index (κ2) is 9.77. The highest BCUT2D eigenvalue weighted by atomic mass is 19.4. The lowest BCUT2D eigenvalue weighted by molar-refractivity contribution is -0.154. The number of halogens is 5. The van der Waals surface area contributed by atoms with Crippen LogP contribution in [0.15, 0.2) is 23.1 Å². The number of aromatic nitrogens is 5. The van der Waals surface area contributed by atoms with E-state index in [2.05, 4.69) is 25.7 Å². The molecule has 3 aliphatic rings. The van der Waals surface area contributed by atoms with Crippen molar-refractivity contribution in [1.29, 1.82) is 0 Å². The first-order chi connectivity index (χ1) is 19.0. The first-order valence-electron chi connectivity index (χ1n) is 13.2. The van der Waals surface area contributed by atoms with Crippen molar-refractivity contribution in [3.8, 4) is 0 Å². The van der Waals surface area contributed by atoms with Crippen molar-refractivity contribution >= 4 is 17.5 Å². The van der Waals surface area contributed by atoms with Crippen LogP contribution in [0.25, 0.3) is 5.65 Å². The van der Waals surface area contributed by atoms with Gasteiger partial charge in [-0.2, -0.15) is 18.3 Å². The fourth-order valence-electron chi connectivity index (χ4n) is 5.63. The molecule has 2 aliphatic carbocycles. The Morgan fingerprint density at radius 3 is 2.62 bits per heavy atom. The molecular weight excluding hydrogens is 541 g/mol. The van der Waals surface area contributed by atoms with Crippen LogP contribution in [0.5, 0.6) is 0 Å². The molecular formula is C25H26F5N7O3. The van der Waals surface area contributed by atoms with Crippen molar-refractivity contribution in [1.82, 2.24) is 35.5 Å². The standard InChI is InChI=1S/C25H26F5N7O3/c26-24(27)5-3-14(4-6-24)19(34-23(39)21-20(13-1-2-13)35-40-36-21)16-11-37-18(32-16)8-12(10-31-37)7-15-9-17(25(28,29)30)33-22(15)38/h8,10-11,13-15,17,19H,1-7,9H2,(H,33,38)(H,34,39)/t15-,17-,19-/m0/s1. The fraction of sp³-hybridized carbons (Fsp3) is 0.600. The highest BCUT2D eigenvalue weighted by Crippen LogP contribution is 2.43. The molecule has 3 aromatic rings. The molecule has 3 atom stereocenters. The molecule has 0 aromatic carbocycles. The minimum absolute atomic E-state index is 0.0467. The van der Waals surface area contributed by atoms with Gasteiger partial charge in [0, 0.05) is 24.7 Å². The topological polar surface area (TPSA) is 127 Å². The van der Waals surface area contributed by atoms with Gasteiger partial charge < -0.3 is 10.6 Å². The van der Waals surface area contributed by atoms with Crippen molar-refractivity contribution < 1.29 is 36.2 Å². The summed E-state index contributed by atoms with van der Waals surface area (Å²) in [5, 5.41) is 16.8. The van der Waals surface area contributed by atoms with Gasteiger partial charge in [-0.3, -0.25) is 9.59 Å². The monoisotopic (exact) mass is 567 g/mol. The normalized spacial score (nSPS) is 24.3. The fourth-order valence-corrected chi connectivity index (χ4v) is 5.63. The zero-order valence-corrected chi connectivity index (χ0v) is 21.1. The van der Waals surface area contributed by atoms with Crippen LogP contribution in [-0.2, 0) is 11.2 Å². The Morgan fingerprint density at radius 2 is 1.95 bits per heavy atom. The summed E-state index contributed by atoms with van der Waals surface area (Å²) in [5.74, 6) is -5.08. The smallest absolute Gasteiger partial charge is 0.344 e. The molecule has 2 saturated carbocycles. The quantitative estimate of drug-likeness (QED) is 0.415. The predicted octanol–water partition coefficient (Wildman–Crippen LogP) is 3.90. The van der Waals surface area contributed by atoms with E-state index in [-0.39, 0.29) is 56.1 Å². The maximum Gasteiger partial charge on any atom is 0.408 e. The van der Waals surface area contributed by atoms with E-state index in [1.165, 1.54) is 10.7 Å². The third-order valence-electron chi connectivity index (χ3n) is 8.01. The van der Waals surface area contributed by atoms with Gasteiger partial charge >= 0.3 is 6.18 Å². The average Bonchev–Trinajstić information content (AvgIpc) is 3.28. The molecule has 10 nitrogen and oxygen atoms in total. The van der Waals surface area contributed by atoms with Crippen LogP contribution in [0.2, 0.25) is 0 Å². The summed E-state index contributed by atoms with van der Waals surface area (Å²) in [6.45, 7) is 0. The molecule has 1 aliphatic heterocycles. The summed E-state index contributed by atoms with van der Waals surface area (Å²) in [4.78, 5) is 29.9. The van der Waals surface area contributed by atoms with Gasteiger partial charge in [0.05, 0.1) is 24.1 Å². The second-order valence-corrected chi connectivity index (χ2v) is 11.0.